The van der Waals surface area contributed by atoms with Crippen molar-refractivity contribution in [2.75, 3.05) is 19.7 Å². The molecule has 2 aliphatic rings. The summed E-state index contributed by atoms with van der Waals surface area (Å²) in [6, 6.07) is 2.83. The van der Waals surface area contributed by atoms with Gasteiger partial charge in [-0.3, -0.25) is 15.4 Å². The van der Waals surface area contributed by atoms with Crippen LogP contribution in [0, 0.1) is 6.92 Å². The number of hydrazine groups is 1. The lowest BCUT2D eigenvalue weighted by Gasteiger charge is -2.47. The van der Waals surface area contributed by atoms with Crippen molar-refractivity contribution >= 4 is 11.3 Å². The van der Waals surface area contributed by atoms with Gasteiger partial charge in [0.1, 0.15) is 0 Å². The van der Waals surface area contributed by atoms with Crippen LogP contribution in [0.4, 0.5) is 0 Å². The second-order valence-corrected chi connectivity index (χ2v) is 10.1. The van der Waals surface area contributed by atoms with Gasteiger partial charge in [-0.05, 0) is 44.7 Å². The average molecular weight is 445 g/mol. The van der Waals surface area contributed by atoms with Crippen LogP contribution in [-0.4, -0.2) is 40.4 Å². The zero-order valence-electron chi connectivity index (χ0n) is 19.2. The molecule has 8 heteroatoms. The van der Waals surface area contributed by atoms with Gasteiger partial charge in [-0.1, -0.05) is 6.92 Å². The molecule has 0 aromatic carbocycles. The van der Waals surface area contributed by atoms with Crippen molar-refractivity contribution in [3.05, 3.63) is 50.7 Å². The molecule has 4 heterocycles. The number of ether oxygens (including phenoxy) is 1. The van der Waals surface area contributed by atoms with E-state index in [2.05, 4.69) is 40.7 Å². The maximum absolute atomic E-state index is 6.47. The van der Waals surface area contributed by atoms with Crippen LogP contribution < -0.4 is 16.6 Å². The van der Waals surface area contributed by atoms with Gasteiger partial charge in [-0.25, -0.2) is 0 Å². The number of fused-ring (bicyclic) bond motifs is 2. The lowest BCUT2D eigenvalue weighted by Crippen LogP contribution is -2.51. The van der Waals surface area contributed by atoms with Crippen LogP contribution in [0.3, 0.4) is 0 Å². The van der Waals surface area contributed by atoms with E-state index in [1.54, 1.807) is 4.88 Å². The minimum absolute atomic E-state index is 0.108. The first kappa shape index (κ1) is 22.3. The fourth-order valence-electron chi connectivity index (χ4n) is 4.97. The van der Waals surface area contributed by atoms with E-state index in [1.807, 2.05) is 42.4 Å². The number of hydrogen-bond donors (Lipinski definition) is 3. The maximum Gasteiger partial charge on any atom is 0.0969 e. The summed E-state index contributed by atoms with van der Waals surface area (Å²) in [6.45, 7) is 9.96. The van der Waals surface area contributed by atoms with Crippen LogP contribution in [0.25, 0.3) is 0 Å². The zero-order valence-corrected chi connectivity index (χ0v) is 20.0. The molecule has 0 unspecified atom stereocenters. The standard InChI is InChI=1S/C23H36N6OS/c1-5-20-10-21-22(31-20)6-9-30-23(21)7-8-29(16(2)11-23)15-19(26-24)13-25-12-18-14-28(4)27-17(18)3/h10,13-14,16,25-26H,5-9,11-12,15,24H2,1-4H3/b19-13-/t16-,23+/m0/s1. The highest BCUT2D eigenvalue weighted by Gasteiger charge is 2.44. The van der Waals surface area contributed by atoms with E-state index in [-0.39, 0.29) is 5.60 Å². The molecule has 4 rings (SSSR count). The molecular weight excluding hydrogens is 408 g/mol. The van der Waals surface area contributed by atoms with Crippen molar-refractivity contribution in [1.82, 2.24) is 25.4 Å². The Balaban J connectivity index is 1.38. The molecule has 0 radical (unpaired) electrons. The topological polar surface area (TPSA) is 80.4 Å². The number of likely N-dealkylation sites (tertiary alicyclic amines) is 1. The van der Waals surface area contributed by atoms with Crippen LogP contribution in [0.1, 0.15) is 53.3 Å². The van der Waals surface area contributed by atoms with Crippen LogP contribution in [0.15, 0.2) is 24.2 Å². The Morgan fingerprint density at radius 3 is 3.00 bits per heavy atom. The van der Waals surface area contributed by atoms with E-state index in [0.29, 0.717) is 6.04 Å². The number of hydrogen-bond acceptors (Lipinski definition) is 7. The minimum Gasteiger partial charge on any atom is -0.385 e. The molecule has 170 valence electrons. The third-order valence-electron chi connectivity index (χ3n) is 6.70. The van der Waals surface area contributed by atoms with Crippen molar-refractivity contribution in [1.29, 1.82) is 0 Å². The molecule has 1 saturated heterocycles. The average Bonchev–Trinajstić information content (AvgIpc) is 3.32. The highest BCUT2D eigenvalue weighted by Crippen LogP contribution is 2.46. The van der Waals surface area contributed by atoms with Gasteiger partial charge in [0.15, 0.2) is 0 Å². The number of aryl methyl sites for hydroxylation is 3. The summed E-state index contributed by atoms with van der Waals surface area (Å²) in [5.41, 5.74) is 7.46. The molecule has 0 bridgehead atoms. The van der Waals surface area contributed by atoms with Crippen molar-refractivity contribution in [2.45, 2.75) is 64.6 Å². The summed E-state index contributed by atoms with van der Waals surface area (Å²) < 4.78 is 8.32. The summed E-state index contributed by atoms with van der Waals surface area (Å²) in [4.78, 5) is 5.53. The van der Waals surface area contributed by atoms with Gasteiger partial charge >= 0.3 is 0 Å². The van der Waals surface area contributed by atoms with Crippen molar-refractivity contribution < 1.29 is 4.74 Å². The number of aromatic nitrogens is 2. The maximum atomic E-state index is 6.47. The quantitative estimate of drug-likeness (QED) is 0.450. The number of thiophene rings is 1. The third kappa shape index (κ3) is 4.67. The largest absolute Gasteiger partial charge is 0.385 e. The highest BCUT2D eigenvalue weighted by molar-refractivity contribution is 7.12. The molecule has 2 aromatic heterocycles. The lowest BCUT2D eigenvalue weighted by molar-refractivity contribution is -0.109. The summed E-state index contributed by atoms with van der Waals surface area (Å²) >= 11 is 1.99. The van der Waals surface area contributed by atoms with E-state index in [9.17, 15) is 0 Å². The van der Waals surface area contributed by atoms with Crippen LogP contribution >= 0.6 is 11.3 Å². The molecule has 1 fully saturated rings. The zero-order chi connectivity index (χ0) is 22.0. The Hall–Kier alpha value is -1.87. The Morgan fingerprint density at radius 1 is 1.48 bits per heavy atom. The van der Waals surface area contributed by atoms with Crippen molar-refractivity contribution in [3.8, 4) is 0 Å². The van der Waals surface area contributed by atoms with Gasteiger partial charge in [0.05, 0.1) is 23.6 Å². The third-order valence-corrected chi connectivity index (χ3v) is 8.04. The second-order valence-electron chi connectivity index (χ2n) is 8.88. The Bertz CT molecular complexity index is 935. The molecule has 0 aliphatic carbocycles. The van der Waals surface area contributed by atoms with Crippen molar-refractivity contribution in [2.24, 2.45) is 12.9 Å². The summed E-state index contributed by atoms with van der Waals surface area (Å²) in [5.74, 6) is 5.84. The molecule has 0 saturated carbocycles. The van der Waals surface area contributed by atoms with Gasteiger partial charge in [-0.2, -0.15) is 5.10 Å². The highest BCUT2D eigenvalue weighted by atomic mass is 32.1. The molecule has 2 aliphatic heterocycles. The molecule has 0 amide bonds. The number of piperidine rings is 1. The second kappa shape index (κ2) is 9.32. The van der Waals surface area contributed by atoms with E-state index >= 15 is 0 Å². The van der Waals surface area contributed by atoms with Gasteiger partial charge in [-0.15, -0.1) is 11.3 Å². The summed E-state index contributed by atoms with van der Waals surface area (Å²) in [5, 5.41) is 7.78. The van der Waals surface area contributed by atoms with Gasteiger partial charge in [0.25, 0.3) is 0 Å². The molecule has 2 atom stereocenters. The molecule has 4 N–H and O–H groups in total. The normalized spacial score (nSPS) is 24.4. The first-order valence-electron chi connectivity index (χ1n) is 11.3. The molecular formula is C23H36N6OS. The number of nitrogens with two attached hydrogens (primary N) is 1. The van der Waals surface area contributed by atoms with Gasteiger partial charge in [0, 0.05) is 66.9 Å². The summed E-state index contributed by atoms with van der Waals surface area (Å²) in [7, 11) is 1.95. The smallest absolute Gasteiger partial charge is 0.0969 e. The van der Waals surface area contributed by atoms with Crippen LogP contribution in [0.5, 0.6) is 0 Å². The van der Waals surface area contributed by atoms with E-state index in [0.717, 1.165) is 63.3 Å². The predicted molar refractivity (Wildman–Crippen MR) is 125 cm³/mol. The summed E-state index contributed by atoms with van der Waals surface area (Å²) in [6.07, 6.45) is 8.27. The fourth-order valence-corrected chi connectivity index (χ4v) is 6.15. The van der Waals surface area contributed by atoms with E-state index in [4.69, 9.17) is 10.6 Å². The lowest BCUT2D eigenvalue weighted by atomic mass is 9.79. The van der Waals surface area contributed by atoms with Crippen LogP contribution in [0.2, 0.25) is 0 Å². The number of nitrogens with zero attached hydrogens (tertiary/aromatic N) is 3. The monoisotopic (exact) mass is 444 g/mol. The SMILES string of the molecule is CCc1cc2c(s1)CCO[C@@]21CCN(C/C(=C/NCc2cn(C)nc2C)NN)[C@@H](C)C1. The Kier molecular flexibility index (Phi) is 6.71. The number of rotatable bonds is 7. The van der Waals surface area contributed by atoms with Gasteiger partial charge < -0.3 is 15.5 Å². The molecule has 2 aromatic rings. The molecule has 7 nitrogen and oxygen atoms in total. The fraction of sp³-hybridized carbons (Fsp3) is 0.609. The van der Waals surface area contributed by atoms with E-state index < -0.39 is 0 Å². The van der Waals surface area contributed by atoms with Gasteiger partial charge in [0.2, 0.25) is 0 Å². The first-order valence-corrected chi connectivity index (χ1v) is 12.1. The minimum atomic E-state index is -0.108. The van der Waals surface area contributed by atoms with Crippen molar-refractivity contribution in [3.63, 3.8) is 0 Å². The number of nitrogens with one attached hydrogen (secondary N) is 2. The predicted octanol–water partition coefficient (Wildman–Crippen LogP) is 2.70. The first-order chi connectivity index (χ1) is 14.9. The Morgan fingerprint density at radius 2 is 2.32 bits per heavy atom. The molecule has 1 spiro atoms. The molecule has 31 heavy (non-hydrogen) atoms. The van der Waals surface area contributed by atoms with Crippen LogP contribution in [-0.2, 0) is 36.8 Å². The Labute approximate surface area is 189 Å². The van der Waals surface area contributed by atoms with E-state index in [1.165, 1.54) is 16.0 Å².